The fourth-order valence-corrected chi connectivity index (χ4v) is 2.33. The van der Waals surface area contributed by atoms with E-state index in [-0.39, 0.29) is 5.91 Å². The van der Waals surface area contributed by atoms with Crippen molar-refractivity contribution in [2.45, 2.75) is 19.4 Å². The monoisotopic (exact) mass is 282 g/mol. The third-order valence-corrected chi connectivity index (χ3v) is 3.53. The van der Waals surface area contributed by atoms with Crippen molar-refractivity contribution >= 4 is 23.2 Å². The Morgan fingerprint density at radius 1 is 1.16 bits per heavy atom. The summed E-state index contributed by atoms with van der Waals surface area (Å²) < 4.78 is 0. The van der Waals surface area contributed by atoms with Crippen LogP contribution in [0.1, 0.15) is 13.8 Å². The van der Waals surface area contributed by atoms with Gasteiger partial charge in [0.15, 0.2) is 0 Å². The van der Waals surface area contributed by atoms with E-state index in [0.29, 0.717) is 13.1 Å². The lowest BCUT2D eigenvalue weighted by Gasteiger charge is -2.38. The van der Waals surface area contributed by atoms with E-state index in [0.717, 1.165) is 23.8 Å². The molecular formula is C14H19ClN2O2. The predicted molar refractivity (Wildman–Crippen MR) is 76.5 cm³/mol. The first-order valence-corrected chi connectivity index (χ1v) is 6.78. The number of hydrogen-bond acceptors (Lipinski definition) is 3. The second kappa shape index (κ2) is 5.39. The molecule has 1 fully saturated rings. The van der Waals surface area contributed by atoms with Crippen LogP contribution < -0.4 is 4.90 Å². The maximum Gasteiger partial charge on any atom is 0.254 e. The van der Waals surface area contributed by atoms with Gasteiger partial charge in [0.2, 0.25) is 0 Å². The smallest absolute Gasteiger partial charge is 0.254 e. The Labute approximate surface area is 118 Å². The van der Waals surface area contributed by atoms with Crippen molar-refractivity contribution in [3.05, 3.63) is 29.3 Å². The number of hydrogen-bond donors (Lipinski definition) is 1. The van der Waals surface area contributed by atoms with Gasteiger partial charge in [-0.3, -0.25) is 4.79 Å². The largest absolute Gasteiger partial charge is 0.381 e. The Hall–Kier alpha value is -1.26. The Morgan fingerprint density at radius 2 is 1.68 bits per heavy atom. The molecule has 1 aliphatic rings. The van der Waals surface area contributed by atoms with Gasteiger partial charge in [-0.25, -0.2) is 0 Å². The third-order valence-electron chi connectivity index (χ3n) is 3.28. The molecule has 0 bridgehead atoms. The van der Waals surface area contributed by atoms with Crippen LogP contribution in [0, 0.1) is 0 Å². The van der Waals surface area contributed by atoms with Crippen LogP contribution in [0.3, 0.4) is 0 Å². The van der Waals surface area contributed by atoms with Crippen LogP contribution in [-0.2, 0) is 4.79 Å². The van der Waals surface area contributed by atoms with Gasteiger partial charge in [0, 0.05) is 36.9 Å². The van der Waals surface area contributed by atoms with Crippen molar-refractivity contribution in [2.24, 2.45) is 0 Å². The van der Waals surface area contributed by atoms with E-state index in [1.165, 1.54) is 13.8 Å². The van der Waals surface area contributed by atoms with Gasteiger partial charge < -0.3 is 14.9 Å². The third kappa shape index (κ3) is 3.39. The zero-order valence-corrected chi connectivity index (χ0v) is 12.0. The highest BCUT2D eigenvalue weighted by molar-refractivity contribution is 6.30. The number of piperazine rings is 1. The van der Waals surface area contributed by atoms with Crippen molar-refractivity contribution in [1.29, 1.82) is 0 Å². The summed E-state index contributed by atoms with van der Waals surface area (Å²) >= 11 is 5.87. The van der Waals surface area contributed by atoms with Crippen LogP contribution >= 0.6 is 11.6 Å². The quantitative estimate of drug-likeness (QED) is 0.899. The van der Waals surface area contributed by atoms with Gasteiger partial charge in [-0.1, -0.05) is 11.6 Å². The van der Waals surface area contributed by atoms with Crippen molar-refractivity contribution in [3.63, 3.8) is 0 Å². The molecule has 5 heteroatoms. The first-order chi connectivity index (χ1) is 8.88. The number of rotatable bonds is 2. The number of aliphatic hydroxyl groups is 1. The van der Waals surface area contributed by atoms with Crippen molar-refractivity contribution < 1.29 is 9.90 Å². The molecule has 0 spiro atoms. The van der Waals surface area contributed by atoms with Gasteiger partial charge in [-0.15, -0.1) is 0 Å². The fraction of sp³-hybridized carbons (Fsp3) is 0.500. The average Bonchev–Trinajstić information content (AvgIpc) is 2.38. The van der Waals surface area contributed by atoms with Crippen LogP contribution in [0.25, 0.3) is 0 Å². The summed E-state index contributed by atoms with van der Waals surface area (Å²) in [7, 11) is 0. The Kier molecular flexibility index (Phi) is 4.02. The van der Waals surface area contributed by atoms with Crippen molar-refractivity contribution in [3.8, 4) is 0 Å². The number of amides is 1. The second-order valence-corrected chi connectivity index (χ2v) is 5.75. The van der Waals surface area contributed by atoms with E-state index >= 15 is 0 Å². The van der Waals surface area contributed by atoms with E-state index in [1.807, 2.05) is 24.3 Å². The molecule has 19 heavy (non-hydrogen) atoms. The highest BCUT2D eigenvalue weighted by Gasteiger charge is 2.31. The molecule has 104 valence electrons. The van der Waals surface area contributed by atoms with E-state index in [9.17, 15) is 9.90 Å². The maximum absolute atomic E-state index is 11.9. The zero-order chi connectivity index (χ0) is 14.0. The summed E-state index contributed by atoms with van der Waals surface area (Å²) in [5, 5.41) is 10.5. The minimum absolute atomic E-state index is 0.205. The van der Waals surface area contributed by atoms with E-state index < -0.39 is 5.60 Å². The molecule has 0 saturated carbocycles. The van der Waals surface area contributed by atoms with Crippen LogP contribution in [-0.4, -0.2) is 47.7 Å². The van der Waals surface area contributed by atoms with Gasteiger partial charge >= 0.3 is 0 Å². The van der Waals surface area contributed by atoms with Gasteiger partial charge in [0.05, 0.1) is 0 Å². The molecule has 1 aliphatic heterocycles. The maximum atomic E-state index is 11.9. The molecule has 1 aromatic rings. The van der Waals surface area contributed by atoms with E-state index in [4.69, 9.17) is 11.6 Å². The second-order valence-electron chi connectivity index (χ2n) is 5.31. The summed E-state index contributed by atoms with van der Waals surface area (Å²) in [6, 6.07) is 7.70. The van der Waals surface area contributed by atoms with Crippen LogP contribution in [0.5, 0.6) is 0 Å². The first-order valence-electron chi connectivity index (χ1n) is 6.40. The van der Waals surface area contributed by atoms with Crippen LogP contribution in [0.2, 0.25) is 5.02 Å². The number of anilines is 1. The molecule has 1 amide bonds. The summed E-state index contributed by atoms with van der Waals surface area (Å²) in [6.07, 6.45) is 0. The van der Waals surface area contributed by atoms with Crippen LogP contribution in [0.4, 0.5) is 5.69 Å². The number of benzene rings is 1. The minimum atomic E-state index is -1.29. The van der Waals surface area contributed by atoms with Gasteiger partial charge in [0.25, 0.3) is 5.91 Å². The molecule has 1 N–H and O–H groups in total. The summed E-state index contributed by atoms with van der Waals surface area (Å²) in [5.41, 5.74) is -0.178. The lowest BCUT2D eigenvalue weighted by molar-refractivity contribution is -0.148. The van der Waals surface area contributed by atoms with E-state index in [2.05, 4.69) is 4.90 Å². The molecule has 0 aliphatic carbocycles. The molecule has 4 nitrogen and oxygen atoms in total. The molecule has 1 heterocycles. The Balaban J connectivity index is 1.96. The van der Waals surface area contributed by atoms with E-state index in [1.54, 1.807) is 4.90 Å². The molecular weight excluding hydrogens is 264 g/mol. The number of carbonyl (C=O) groups excluding carboxylic acids is 1. The number of carbonyl (C=O) groups is 1. The SMILES string of the molecule is CC(C)(O)C(=O)N1CCN(c2ccc(Cl)cc2)CC1. The lowest BCUT2D eigenvalue weighted by Crippen LogP contribution is -2.54. The predicted octanol–water partition coefficient (Wildman–Crippen LogP) is 1.76. The average molecular weight is 283 g/mol. The van der Waals surface area contributed by atoms with Gasteiger partial charge in [0.1, 0.15) is 5.60 Å². The first kappa shape index (κ1) is 14.2. The summed E-state index contributed by atoms with van der Waals surface area (Å²) in [6.45, 7) is 5.85. The Bertz CT molecular complexity index is 446. The summed E-state index contributed by atoms with van der Waals surface area (Å²) in [4.78, 5) is 15.9. The number of halogens is 1. The highest BCUT2D eigenvalue weighted by Crippen LogP contribution is 2.20. The molecule has 0 radical (unpaired) electrons. The van der Waals surface area contributed by atoms with Crippen molar-refractivity contribution in [2.75, 3.05) is 31.1 Å². The molecule has 0 unspecified atom stereocenters. The standard InChI is InChI=1S/C14H19ClN2O2/c1-14(2,19)13(18)17-9-7-16(8-10-17)12-5-3-11(15)4-6-12/h3-6,19H,7-10H2,1-2H3. The molecule has 1 saturated heterocycles. The fourth-order valence-electron chi connectivity index (χ4n) is 2.21. The normalized spacial score (nSPS) is 16.6. The highest BCUT2D eigenvalue weighted by atomic mass is 35.5. The Morgan fingerprint density at radius 3 is 2.16 bits per heavy atom. The van der Waals surface area contributed by atoms with Crippen LogP contribution in [0.15, 0.2) is 24.3 Å². The summed E-state index contributed by atoms with van der Waals surface area (Å²) in [5.74, 6) is -0.205. The topological polar surface area (TPSA) is 43.8 Å². The lowest BCUT2D eigenvalue weighted by atomic mass is 10.1. The molecule has 2 rings (SSSR count). The molecule has 1 aromatic carbocycles. The van der Waals surface area contributed by atoms with Gasteiger partial charge in [-0.2, -0.15) is 0 Å². The zero-order valence-electron chi connectivity index (χ0n) is 11.3. The molecule has 0 atom stereocenters. The molecule has 0 aromatic heterocycles. The minimum Gasteiger partial charge on any atom is -0.381 e. The van der Waals surface area contributed by atoms with Gasteiger partial charge in [-0.05, 0) is 38.1 Å². The number of nitrogens with zero attached hydrogens (tertiary/aromatic N) is 2. The van der Waals surface area contributed by atoms with Crippen molar-refractivity contribution in [1.82, 2.24) is 4.90 Å².